The molecular weight excluding hydrogens is 241 g/mol. The van der Waals surface area contributed by atoms with E-state index in [0.717, 1.165) is 5.56 Å². The van der Waals surface area contributed by atoms with E-state index in [1.165, 1.54) is 17.7 Å². The molecule has 0 saturated carbocycles. The van der Waals surface area contributed by atoms with E-state index in [1.807, 2.05) is 38.1 Å². The highest BCUT2D eigenvalue weighted by molar-refractivity contribution is 5.27. The Morgan fingerprint density at radius 1 is 1.00 bits per heavy atom. The molecule has 2 N–H and O–H groups in total. The Labute approximate surface area is 113 Å². The van der Waals surface area contributed by atoms with Gasteiger partial charge in [-0.1, -0.05) is 29.8 Å². The van der Waals surface area contributed by atoms with Gasteiger partial charge in [-0.3, -0.25) is 0 Å². The van der Waals surface area contributed by atoms with E-state index in [1.54, 1.807) is 12.1 Å². The van der Waals surface area contributed by atoms with Crippen LogP contribution in [0.2, 0.25) is 0 Å². The van der Waals surface area contributed by atoms with Crippen molar-refractivity contribution in [2.45, 2.75) is 26.0 Å². The zero-order valence-electron chi connectivity index (χ0n) is 11.1. The predicted octanol–water partition coefficient (Wildman–Crippen LogP) is 3.60. The van der Waals surface area contributed by atoms with E-state index in [2.05, 4.69) is 0 Å². The molecular formula is C16H18FNO. The zero-order valence-corrected chi connectivity index (χ0v) is 11.1. The van der Waals surface area contributed by atoms with Crippen LogP contribution in [0.1, 0.15) is 24.2 Å². The van der Waals surface area contributed by atoms with Crippen LogP contribution in [0.15, 0.2) is 48.5 Å². The summed E-state index contributed by atoms with van der Waals surface area (Å²) in [6.45, 7) is 3.93. The smallest absolute Gasteiger partial charge is 0.138 e. The lowest BCUT2D eigenvalue weighted by Crippen LogP contribution is -2.29. The Morgan fingerprint density at radius 3 is 2.11 bits per heavy atom. The number of nitrogens with two attached hydrogens (primary N) is 1. The second-order valence-electron chi connectivity index (χ2n) is 4.76. The Balaban J connectivity index is 2.21. The normalized spacial score (nSPS) is 13.9. The van der Waals surface area contributed by atoms with E-state index in [0.29, 0.717) is 5.75 Å². The van der Waals surface area contributed by atoms with Crippen LogP contribution in [0.3, 0.4) is 0 Å². The van der Waals surface area contributed by atoms with E-state index < -0.39 is 0 Å². The van der Waals surface area contributed by atoms with Crippen molar-refractivity contribution in [1.82, 2.24) is 0 Å². The SMILES string of the molecule is Cc1ccc(C(Oc2ccc(F)cc2)C(C)N)cc1. The van der Waals surface area contributed by atoms with Crippen LogP contribution in [0.4, 0.5) is 4.39 Å². The van der Waals surface area contributed by atoms with Gasteiger partial charge in [0.05, 0.1) is 0 Å². The van der Waals surface area contributed by atoms with Gasteiger partial charge in [0.15, 0.2) is 0 Å². The van der Waals surface area contributed by atoms with Gasteiger partial charge >= 0.3 is 0 Å². The fourth-order valence-electron chi connectivity index (χ4n) is 1.89. The third-order valence-electron chi connectivity index (χ3n) is 2.96. The van der Waals surface area contributed by atoms with Gasteiger partial charge in [0.2, 0.25) is 0 Å². The number of aryl methyl sites for hydroxylation is 1. The Bertz CT molecular complexity index is 519. The molecule has 0 heterocycles. The number of benzene rings is 2. The van der Waals surface area contributed by atoms with Crippen LogP contribution < -0.4 is 10.5 Å². The molecule has 0 radical (unpaired) electrons. The summed E-state index contributed by atoms with van der Waals surface area (Å²) in [6.07, 6.45) is -0.244. The first-order valence-corrected chi connectivity index (χ1v) is 6.30. The third-order valence-corrected chi connectivity index (χ3v) is 2.96. The van der Waals surface area contributed by atoms with Crippen LogP contribution in [-0.4, -0.2) is 6.04 Å². The first-order valence-electron chi connectivity index (χ1n) is 6.30. The maximum absolute atomic E-state index is 12.9. The lowest BCUT2D eigenvalue weighted by Gasteiger charge is -2.23. The highest BCUT2D eigenvalue weighted by Gasteiger charge is 2.18. The van der Waals surface area contributed by atoms with Crippen LogP contribution >= 0.6 is 0 Å². The number of rotatable bonds is 4. The van der Waals surface area contributed by atoms with E-state index in [4.69, 9.17) is 10.5 Å². The monoisotopic (exact) mass is 259 g/mol. The number of halogens is 1. The van der Waals surface area contributed by atoms with Crippen LogP contribution in [-0.2, 0) is 0 Å². The maximum Gasteiger partial charge on any atom is 0.138 e. The predicted molar refractivity (Wildman–Crippen MR) is 74.6 cm³/mol. The summed E-state index contributed by atoms with van der Waals surface area (Å²) in [5.41, 5.74) is 8.19. The molecule has 0 aliphatic heterocycles. The molecule has 2 nitrogen and oxygen atoms in total. The minimum atomic E-state index is -0.278. The molecule has 2 atom stereocenters. The van der Waals surface area contributed by atoms with Gasteiger partial charge in [-0.2, -0.15) is 0 Å². The van der Waals surface area contributed by atoms with Crippen molar-refractivity contribution in [3.8, 4) is 5.75 Å². The van der Waals surface area contributed by atoms with Gasteiger partial charge in [0.1, 0.15) is 17.7 Å². The van der Waals surface area contributed by atoms with Crippen molar-refractivity contribution >= 4 is 0 Å². The van der Waals surface area contributed by atoms with E-state index in [9.17, 15) is 4.39 Å². The first kappa shape index (κ1) is 13.6. The molecule has 0 aromatic heterocycles. The molecule has 0 spiro atoms. The molecule has 0 saturated heterocycles. The second-order valence-corrected chi connectivity index (χ2v) is 4.76. The summed E-state index contributed by atoms with van der Waals surface area (Å²) in [4.78, 5) is 0. The summed E-state index contributed by atoms with van der Waals surface area (Å²) in [5, 5.41) is 0. The summed E-state index contributed by atoms with van der Waals surface area (Å²) >= 11 is 0. The summed E-state index contributed by atoms with van der Waals surface area (Å²) in [5.74, 6) is 0.337. The fourth-order valence-corrected chi connectivity index (χ4v) is 1.89. The Kier molecular flexibility index (Phi) is 4.17. The third kappa shape index (κ3) is 3.55. The summed E-state index contributed by atoms with van der Waals surface area (Å²) in [6, 6.07) is 13.9. The molecule has 0 aliphatic rings. The molecule has 2 aromatic rings. The highest BCUT2D eigenvalue weighted by atomic mass is 19.1. The van der Waals surface area contributed by atoms with Crippen LogP contribution in [0, 0.1) is 12.7 Å². The number of hydrogen-bond donors (Lipinski definition) is 1. The van der Waals surface area contributed by atoms with Gasteiger partial charge in [-0.25, -0.2) is 4.39 Å². The molecule has 100 valence electrons. The fraction of sp³-hybridized carbons (Fsp3) is 0.250. The molecule has 0 bridgehead atoms. The molecule has 0 aliphatic carbocycles. The first-order chi connectivity index (χ1) is 9.06. The maximum atomic E-state index is 12.9. The van der Waals surface area contributed by atoms with Gasteiger partial charge in [-0.05, 0) is 43.7 Å². The Hall–Kier alpha value is -1.87. The second kappa shape index (κ2) is 5.85. The number of ether oxygens (including phenoxy) is 1. The van der Waals surface area contributed by atoms with Crippen molar-refractivity contribution in [2.24, 2.45) is 5.73 Å². The largest absolute Gasteiger partial charge is 0.484 e. The van der Waals surface area contributed by atoms with E-state index in [-0.39, 0.29) is 18.0 Å². The lowest BCUT2D eigenvalue weighted by atomic mass is 10.0. The zero-order chi connectivity index (χ0) is 13.8. The average molecular weight is 259 g/mol. The van der Waals surface area contributed by atoms with Crippen molar-refractivity contribution in [3.63, 3.8) is 0 Å². The molecule has 2 unspecified atom stereocenters. The molecule has 0 amide bonds. The van der Waals surface area contributed by atoms with Crippen molar-refractivity contribution < 1.29 is 9.13 Å². The van der Waals surface area contributed by atoms with Crippen molar-refractivity contribution in [1.29, 1.82) is 0 Å². The van der Waals surface area contributed by atoms with Gasteiger partial charge in [-0.15, -0.1) is 0 Å². The Morgan fingerprint density at radius 2 is 1.58 bits per heavy atom. The highest BCUT2D eigenvalue weighted by Crippen LogP contribution is 2.24. The quantitative estimate of drug-likeness (QED) is 0.910. The van der Waals surface area contributed by atoms with Crippen LogP contribution in [0.5, 0.6) is 5.75 Å². The lowest BCUT2D eigenvalue weighted by molar-refractivity contribution is 0.180. The minimum absolute atomic E-state index is 0.159. The van der Waals surface area contributed by atoms with Gasteiger partial charge < -0.3 is 10.5 Å². The van der Waals surface area contributed by atoms with Crippen LogP contribution in [0.25, 0.3) is 0 Å². The topological polar surface area (TPSA) is 35.2 Å². The summed E-state index contributed by atoms with van der Waals surface area (Å²) < 4.78 is 18.7. The molecule has 3 heteroatoms. The average Bonchev–Trinajstić information content (AvgIpc) is 2.39. The molecule has 2 rings (SSSR count). The van der Waals surface area contributed by atoms with Gasteiger partial charge in [0, 0.05) is 6.04 Å². The van der Waals surface area contributed by atoms with Crippen molar-refractivity contribution in [3.05, 3.63) is 65.5 Å². The standard InChI is InChI=1S/C16H18FNO/c1-11-3-5-13(6-4-11)16(12(2)18)19-15-9-7-14(17)8-10-15/h3-10,12,16H,18H2,1-2H3. The molecule has 0 fully saturated rings. The molecule has 19 heavy (non-hydrogen) atoms. The minimum Gasteiger partial charge on any atom is -0.484 e. The number of hydrogen-bond acceptors (Lipinski definition) is 2. The van der Waals surface area contributed by atoms with Gasteiger partial charge in [0.25, 0.3) is 0 Å². The summed E-state index contributed by atoms with van der Waals surface area (Å²) in [7, 11) is 0. The van der Waals surface area contributed by atoms with Crippen molar-refractivity contribution in [2.75, 3.05) is 0 Å². The van der Waals surface area contributed by atoms with E-state index >= 15 is 0 Å². The molecule has 2 aromatic carbocycles.